The maximum absolute atomic E-state index is 13.8. The number of carbonyl (C=O) groups excluding carboxylic acids is 1. The van der Waals surface area contributed by atoms with E-state index in [1.165, 1.54) is 6.07 Å². The van der Waals surface area contributed by atoms with Crippen molar-refractivity contribution in [2.24, 2.45) is 0 Å². The number of para-hydroxylation sites is 2. The summed E-state index contributed by atoms with van der Waals surface area (Å²) in [5.74, 6) is -0.592. The molecule has 1 amide bonds. The summed E-state index contributed by atoms with van der Waals surface area (Å²) in [4.78, 5) is 24.9. The van der Waals surface area contributed by atoms with Crippen molar-refractivity contribution in [1.82, 2.24) is 14.5 Å². The molecular weight excluding hydrogens is 413 g/mol. The van der Waals surface area contributed by atoms with Gasteiger partial charge in [-0.15, -0.1) is 0 Å². The van der Waals surface area contributed by atoms with Gasteiger partial charge in [-0.2, -0.15) is 0 Å². The second-order valence-electron chi connectivity index (χ2n) is 6.34. The third-order valence-corrected chi connectivity index (χ3v) is 4.91. The molecule has 0 saturated heterocycles. The van der Waals surface area contributed by atoms with Crippen LogP contribution in [-0.4, -0.2) is 15.0 Å². The van der Waals surface area contributed by atoms with Crippen molar-refractivity contribution in [3.05, 3.63) is 68.8 Å². The lowest BCUT2D eigenvalue weighted by Gasteiger charge is -2.08. The van der Waals surface area contributed by atoms with Gasteiger partial charge in [0.25, 0.3) is 0 Å². The lowest BCUT2D eigenvalue weighted by molar-refractivity contribution is -0.121. The second-order valence-corrected chi connectivity index (χ2v) is 7.25. The Hall–Kier alpha value is -2.41. The minimum atomic E-state index is -0.364. The largest absolute Gasteiger partial charge is 0.352 e. The molecule has 3 rings (SSSR count). The van der Waals surface area contributed by atoms with E-state index in [4.69, 9.17) is 0 Å². The van der Waals surface area contributed by atoms with E-state index in [0.29, 0.717) is 12.1 Å². The van der Waals surface area contributed by atoms with Crippen LogP contribution in [0.4, 0.5) is 4.39 Å². The van der Waals surface area contributed by atoms with Crippen molar-refractivity contribution in [2.45, 2.75) is 39.4 Å². The molecule has 0 atom stereocenters. The minimum Gasteiger partial charge on any atom is -0.352 e. The third-order valence-electron chi connectivity index (χ3n) is 4.42. The Morgan fingerprint density at radius 2 is 1.78 bits per heavy atom. The lowest BCUT2D eigenvalue weighted by atomic mass is 10.2. The topological polar surface area (TPSA) is 56.0 Å². The number of imidazole rings is 1. The zero-order valence-electron chi connectivity index (χ0n) is 15.0. The molecule has 0 saturated carbocycles. The SMILES string of the molecule is CCCn1c(=O)n(CCC(=O)NCc2cc(Br)ccc2F)c2ccccc21. The average molecular weight is 434 g/mol. The number of amides is 1. The van der Waals surface area contributed by atoms with Crippen LogP contribution in [0.5, 0.6) is 0 Å². The van der Waals surface area contributed by atoms with Crippen LogP contribution < -0.4 is 11.0 Å². The second kappa shape index (κ2) is 8.52. The van der Waals surface area contributed by atoms with E-state index in [1.54, 1.807) is 21.3 Å². The van der Waals surface area contributed by atoms with Crippen LogP contribution in [0.15, 0.2) is 51.7 Å². The molecule has 1 N–H and O–H groups in total. The molecule has 0 spiro atoms. The molecule has 142 valence electrons. The molecule has 0 fully saturated rings. The smallest absolute Gasteiger partial charge is 0.329 e. The van der Waals surface area contributed by atoms with Gasteiger partial charge in [-0.25, -0.2) is 9.18 Å². The Labute approximate surface area is 164 Å². The molecule has 1 aromatic heterocycles. The molecule has 5 nitrogen and oxygen atoms in total. The van der Waals surface area contributed by atoms with Gasteiger partial charge in [-0.3, -0.25) is 13.9 Å². The number of carbonyl (C=O) groups is 1. The maximum atomic E-state index is 13.8. The first kappa shape index (κ1) is 19.4. The summed E-state index contributed by atoms with van der Waals surface area (Å²) in [7, 11) is 0. The fourth-order valence-electron chi connectivity index (χ4n) is 3.10. The number of aryl methyl sites for hydroxylation is 2. The van der Waals surface area contributed by atoms with Crippen molar-refractivity contribution in [1.29, 1.82) is 0 Å². The molecule has 7 heteroatoms. The van der Waals surface area contributed by atoms with Gasteiger partial charge in [0.05, 0.1) is 11.0 Å². The first-order valence-electron chi connectivity index (χ1n) is 8.90. The van der Waals surface area contributed by atoms with Crippen LogP contribution in [0.3, 0.4) is 0 Å². The Balaban J connectivity index is 1.69. The maximum Gasteiger partial charge on any atom is 0.329 e. The van der Waals surface area contributed by atoms with Crippen molar-refractivity contribution < 1.29 is 9.18 Å². The molecule has 0 aliphatic carbocycles. The van der Waals surface area contributed by atoms with Crippen molar-refractivity contribution >= 4 is 32.9 Å². The fraction of sp³-hybridized carbons (Fsp3) is 0.300. The molecule has 27 heavy (non-hydrogen) atoms. The predicted octanol–water partition coefficient (Wildman–Crippen LogP) is 3.82. The molecule has 0 radical (unpaired) electrons. The number of rotatable bonds is 7. The Morgan fingerprint density at radius 1 is 1.11 bits per heavy atom. The van der Waals surface area contributed by atoms with Gasteiger partial charge in [0.1, 0.15) is 5.82 Å². The molecule has 0 unspecified atom stereocenters. The van der Waals surface area contributed by atoms with Crippen molar-refractivity contribution in [2.75, 3.05) is 0 Å². The minimum absolute atomic E-state index is 0.108. The van der Waals surface area contributed by atoms with E-state index in [-0.39, 0.29) is 36.9 Å². The van der Waals surface area contributed by atoms with E-state index in [2.05, 4.69) is 21.2 Å². The number of aromatic nitrogens is 2. The van der Waals surface area contributed by atoms with Gasteiger partial charge in [0.15, 0.2) is 0 Å². The van der Waals surface area contributed by atoms with Crippen LogP contribution >= 0.6 is 15.9 Å². The quantitative estimate of drug-likeness (QED) is 0.615. The lowest BCUT2D eigenvalue weighted by Crippen LogP contribution is -2.28. The third kappa shape index (κ3) is 4.30. The van der Waals surface area contributed by atoms with Gasteiger partial charge >= 0.3 is 5.69 Å². The molecular formula is C20H21BrFN3O2. The molecule has 0 aliphatic heterocycles. The first-order chi connectivity index (χ1) is 13.0. The summed E-state index contributed by atoms with van der Waals surface area (Å²) in [5.41, 5.74) is 2.00. The molecule has 3 aromatic rings. The summed E-state index contributed by atoms with van der Waals surface area (Å²) >= 11 is 3.29. The normalized spacial score (nSPS) is 11.1. The Kier molecular flexibility index (Phi) is 6.11. The van der Waals surface area contributed by atoms with E-state index in [0.717, 1.165) is 21.9 Å². The first-order valence-corrected chi connectivity index (χ1v) is 9.69. The summed E-state index contributed by atoms with van der Waals surface area (Å²) in [6, 6.07) is 12.2. The zero-order valence-corrected chi connectivity index (χ0v) is 16.6. The zero-order chi connectivity index (χ0) is 19.4. The molecule has 0 bridgehead atoms. The van der Waals surface area contributed by atoms with E-state index < -0.39 is 0 Å². The molecule has 0 aliphatic rings. The van der Waals surface area contributed by atoms with E-state index in [1.807, 2.05) is 31.2 Å². The van der Waals surface area contributed by atoms with E-state index in [9.17, 15) is 14.0 Å². The van der Waals surface area contributed by atoms with Crippen molar-refractivity contribution in [3.63, 3.8) is 0 Å². The number of halogens is 2. The Morgan fingerprint density at radius 3 is 2.44 bits per heavy atom. The monoisotopic (exact) mass is 433 g/mol. The van der Waals surface area contributed by atoms with Gasteiger partial charge in [0.2, 0.25) is 5.91 Å². The van der Waals surface area contributed by atoms with Crippen molar-refractivity contribution in [3.8, 4) is 0 Å². The number of hydrogen-bond donors (Lipinski definition) is 1. The average Bonchev–Trinajstić information content (AvgIpc) is 2.93. The van der Waals surface area contributed by atoms with Gasteiger partial charge < -0.3 is 5.32 Å². The fourth-order valence-corrected chi connectivity index (χ4v) is 3.51. The summed E-state index contributed by atoms with van der Waals surface area (Å²) in [5, 5.41) is 2.71. The molecule has 1 heterocycles. The number of benzene rings is 2. The number of nitrogens with one attached hydrogen (secondary N) is 1. The van der Waals surface area contributed by atoms with Crippen LogP contribution in [0, 0.1) is 5.82 Å². The number of nitrogens with zero attached hydrogens (tertiary/aromatic N) is 2. The highest BCUT2D eigenvalue weighted by Gasteiger charge is 2.13. The summed E-state index contributed by atoms with van der Waals surface area (Å²) in [6.07, 6.45) is 1.00. The highest BCUT2D eigenvalue weighted by Crippen LogP contribution is 2.16. The van der Waals surface area contributed by atoms with Gasteiger partial charge in [0, 0.05) is 36.1 Å². The number of fused-ring (bicyclic) bond motifs is 1. The number of hydrogen-bond acceptors (Lipinski definition) is 2. The Bertz CT molecular complexity index is 1030. The van der Waals surface area contributed by atoms with Crippen LogP contribution in [0.2, 0.25) is 0 Å². The van der Waals surface area contributed by atoms with Gasteiger partial charge in [-0.05, 0) is 36.8 Å². The van der Waals surface area contributed by atoms with Crippen LogP contribution in [0.25, 0.3) is 11.0 Å². The summed E-state index contributed by atoms with van der Waals surface area (Å²) in [6.45, 7) is 3.05. The van der Waals surface area contributed by atoms with E-state index >= 15 is 0 Å². The standard InChI is InChI=1S/C20H21BrFN3O2/c1-2-10-24-17-5-3-4-6-18(17)25(20(24)27)11-9-19(26)23-13-14-12-15(21)7-8-16(14)22/h3-8,12H,2,9-11,13H2,1H3,(H,23,26). The predicted molar refractivity (Wildman–Crippen MR) is 107 cm³/mol. The molecule has 2 aromatic carbocycles. The highest BCUT2D eigenvalue weighted by molar-refractivity contribution is 9.10. The summed E-state index contributed by atoms with van der Waals surface area (Å²) < 4.78 is 17.9. The van der Waals surface area contributed by atoms with Crippen LogP contribution in [0.1, 0.15) is 25.3 Å². The van der Waals surface area contributed by atoms with Crippen LogP contribution in [-0.2, 0) is 24.4 Å². The van der Waals surface area contributed by atoms with Gasteiger partial charge in [-0.1, -0.05) is 35.0 Å². The highest BCUT2D eigenvalue weighted by atomic mass is 79.9.